The minimum absolute atomic E-state index is 0.517. The molecule has 0 unspecified atom stereocenters. The molecule has 0 radical (unpaired) electrons. The van der Waals surface area contributed by atoms with Crippen molar-refractivity contribution in [2.45, 2.75) is 51.5 Å². The fourth-order valence-electron chi connectivity index (χ4n) is 4.11. The van der Waals surface area contributed by atoms with Gasteiger partial charge in [-0.3, -0.25) is 0 Å². The summed E-state index contributed by atoms with van der Waals surface area (Å²) in [4.78, 5) is 10.6. The second-order valence-corrected chi connectivity index (χ2v) is 8.12. The highest BCUT2D eigenvalue weighted by atomic mass is 32.1. The van der Waals surface area contributed by atoms with Crippen LogP contribution in [0.5, 0.6) is 0 Å². The Morgan fingerprint density at radius 2 is 1.96 bits per heavy atom. The van der Waals surface area contributed by atoms with Crippen LogP contribution in [0.25, 0.3) is 11.0 Å². The van der Waals surface area contributed by atoms with Crippen molar-refractivity contribution in [3.8, 4) is 0 Å². The van der Waals surface area contributed by atoms with Gasteiger partial charge in [0.1, 0.15) is 5.82 Å². The molecule has 4 rings (SSSR count). The number of hydrogen-bond donors (Lipinski definition) is 2. The maximum atomic E-state index is 5.85. The summed E-state index contributed by atoms with van der Waals surface area (Å²) in [5.74, 6) is 1.03. The van der Waals surface area contributed by atoms with E-state index in [0.29, 0.717) is 6.04 Å². The molecular weight excluding hydrogens is 364 g/mol. The quantitative estimate of drug-likeness (QED) is 0.567. The Hall–Kier alpha value is -2.40. The summed E-state index contributed by atoms with van der Waals surface area (Å²) in [6, 6.07) is 17.1. The molecule has 1 saturated carbocycles. The summed E-state index contributed by atoms with van der Waals surface area (Å²) < 4.78 is 0. The monoisotopic (exact) mass is 392 g/mol. The summed E-state index contributed by atoms with van der Waals surface area (Å²) in [6.45, 7) is 2.98. The van der Waals surface area contributed by atoms with Gasteiger partial charge in [0.05, 0.1) is 11.0 Å². The predicted octanol–water partition coefficient (Wildman–Crippen LogP) is 5.45. The standard InChI is InChI=1S/C23H28N4S/c1-17-8-7-9-18(16-17)24-23(28)27(19-10-3-2-4-11-19)15-14-22-25-20-12-5-6-13-21(20)26-22/h5-9,12-13,16,19H,2-4,10-11,14-15H2,1H3,(H,24,28)(H,25,26). The number of aryl methyl sites for hydroxylation is 1. The second kappa shape index (κ2) is 8.74. The van der Waals surface area contributed by atoms with Gasteiger partial charge in [-0.2, -0.15) is 0 Å². The average Bonchev–Trinajstić information content (AvgIpc) is 3.12. The number of fused-ring (bicyclic) bond motifs is 1. The number of hydrogen-bond acceptors (Lipinski definition) is 2. The predicted molar refractivity (Wildman–Crippen MR) is 121 cm³/mol. The maximum absolute atomic E-state index is 5.85. The molecule has 0 bridgehead atoms. The van der Waals surface area contributed by atoms with Gasteiger partial charge in [-0.25, -0.2) is 4.98 Å². The molecule has 1 aromatic heterocycles. The van der Waals surface area contributed by atoms with E-state index in [4.69, 9.17) is 17.2 Å². The van der Waals surface area contributed by atoms with Crippen molar-refractivity contribution in [1.29, 1.82) is 0 Å². The van der Waals surface area contributed by atoms with Gasteiger partial charge in [0.15, 0.2) is 5.11 Å². The van der Waals surface area contributed by atoms with E-state index in [-0.39, 0.29) is 0 Å². The van der Waals surface area contributed by atoms with E-state index in [2.05, 4.69) is 58.5 Å². The van der Waals surface area contributed by atoms with Crippen molar-refractivity contribution in [1.82, 2.24) is 14.9 Å². The molecule has 1 fully saturated rings. The summed E-state index contributed by atoms with van der Waals surface area (Å²) in [5.41, 5.74) is 4.43. The van der Waals surface area contributed by atoms with E-state index < -0.39 is 0 Å². The van der Waals surface area contributed by atoms with E-state index in [0.717, 1.165) is 40.6 Å². The van der Waals surface area contributed by atoms with Crippen LogP contribution in [0, 0.1) is 6.92 Å². The number of H-pyrrole nitrogens is 1. The van der Waals surface area contributed by atoms with E-state index in [1.54, 1.807) is 0 Å². The number of imidazole rings is 1. The van der Waals surface area contributed by atoms with Gasteiger partial charge in [-0.05, 0) is 61.8 Å². The average molecular weight is 393 g/mol. The first-order valence-electron chi connectivity index (χ1n) is 10.3. The number of anilines is 1. The van der Waals surface area contributed by atoms with Gasteiger partial charge in [0, 0.05) is 24.7 Å². The first-order chi connectivity index (χ1) is 13.7. The van der Waals surface area contributed by atoms with E-state index in [1.165, 1.54) is 37.7 Å². The number of rotatable bonds is 5. The number of thiocarbonyl (C=S) groups is 1. The maximum Gasteiger partial charge on any atom is 0.173 e. The molecule has 2 N–H and O–H groups in total. The molecule has 28 heavy (non-hydrogen) atoms. The molecule has 146 valence electrons. The Labute approximate surface area is 172 Å². The molecule has 2 aromatic carbocycles. The summed E-state index contributed by atoms with van der Waals surface area (Å²) >= 11 is 5.85. The number of para-hydroxylation sites is 2. The first-order valence-corrected chi connectivity index (χ1v) is 10.7. The Morgan fingerprint density at radius 1 is 1.14 bits per heavy atom. The van der Waals surface area contributed by atoms with Crippen LogP contribution >= 0.6 is 12.2 Å². The largest absolute Gasteiger partial charge is 0.346 e. The van der Waals surface area contributed by atoms with Crippen LogP contribution in [-0.4, -0.2) is 32.6 Å². The van der Waals surface area contributed by atoms with Gasteiger partial charge in [-0.15, -0.1) is 0 Å². The molecule has 0 amide bonds. The van der Waals surface area contributed by atoms with Gasteiger partial charge < -0.3 is 15.2 Å². The van der Waals surface area contributed by atoms with Crippen molar-refractivity contribution in [2.75, 3.05) is 11.9 Å². The van der Waals surface area contributed by atoms with Crippen LogP contribution in [0.3, 0.4) is 0 Å². The molecule has 0 spiro atoms. The SMILES string of the molecule is Cc1cccc(NC(=S)N(CCc2nc3ccccc3[nH]2)C2CCCCC2)c1. The normalized spacial score (nSPS) is 14.9. The second-order valence-electron chi connectivity index (χ2n) is 7.74. The highest BCUT2D eigenvalue weighted by molar-refractivity contribution is 7.80. The fraction of sp³-hybridized carbons (Fsp3) is 0.391. The lowest BCUT2D eigenvalue weighted by molar-refractivity contribution is 0.247. The zero-order chi connectivity index (χ0) is 19.3. The van der Waals surface area contributed by atoms with Gasteiger partial charge in [0.25, 0.3) is 0 Å². The smallest absolute Gasteiger partial charge is 0.173 e. The minimum atomic E-state index is 0.517. The Kier molecular flexibility index (Phi) is 5.91. The number of benzene rings is 2. The summed E-state index contributed by atoms with van der Waals surface area (Å²) in [6.07, 6.45) is 7.22. The first kappa shape index (κ1) is 18.9. The van der Waals surface area contributed by atoms with Crippen LogP contribution in [0.1, 0.15) is 43.5 Å². The molecule has 0 aliphatic heterocycles. The van der Waals surface area contributed by atoms with Crippen LogP contribution in [-0.2, 0) is 6.42 Å². The van der Waals surface area contributed by atoms with Crippen LogP contribution in [0.15, 0.2) is 48.5 Å². The molecule has 0 atom stereocenters. The minimum Gasteiger partial charge on any atom is -0.346 e. The summed E-state index contributed by atoms with van der Waals surface area (Å²) in [5, 5.41) is 4.30. The topological polar surface area (TPSA) is 44.0 Å². The molecule has 0 saturated heterocycles. The van der Waals surface area contributed by atoms with Gasteiger partial charge in [-0.1, -0.05) is 43.5 Å². The molecule has 5 heteroatoms. The van der Waals surface area contributed by atoms with Crippen LogP contribution in [0.4, 0.5) is 5.69 Å². The highest BCUT2D eigenvalue weighted by Gasteiger charge is 2.23. The van der Waals surface area contributed by atoms with Gasteiger partial charge in [0.2, 0.25) is 0 Å². The van der Waals surface area contributed by atoms with E-state index in [1.807, 2.05) is 12.1 Å². The number of aromatic amines is 1. The number of aromatic nitrogens is 2. The van der Waals surface area contributed by atoms with Gasteiger partial charge >= 0.3 is 0 Å². The van der Waals surface area contributed by atoms with Crippen molar-refractivity contribution < 1.29 is 0 Å². The third-order valence-electron chi connectivity index (χ3n) is 5.57. The van der Waals surface area contributed by atoms with Crippen molar-refractivity contribution in [3.05, 3.63) is 59.9 Å². The lowest BCUT2D eigenvalue weighted by atomic mass is 9.94. The van der Waals surface area contributed by atoms with Crippen LogP contribution < -0.4 is 5.32 Å². The lowest BCUT2D eigenvalue weighted by Gasteiger charge is -2.36. The molecule has 1 aliphatic rings. The van der Waals surface area contributed by atoms with Crippen molar-refractivity contribution >= 4 is 34.1 Å². The lowest BCUT2D eigenvalue weighted by Crippen LogP contribution is -2.44. The van der Waals surface area contributed by atoms with Crippen molar-refractivity contribution in [2.24, 2.45) is 0 Å². The Bertz CT molecular complexity index is 909. The van der Waals surface area contributed by atoms with Crippen LogP contribution in [0.2, 0.25) is 0 Å². The fourth-order valence-corrected chi connectivity index (χ4v) is 4.47. The molecule has 3 aromatic rings. The highest BCUT2D eigenvalue weighted by Crippen LogP contribution is 2.24. The molecule has 1 heterocycles. The molecular formula is C23H28N4S. The number of nitrogens with zero attached hydrogens (tertiary/aromatic N) is 2. The van der Waals surface area contributed by atoms with E-state index in [9.17, 15) is 0 Å². The Morgan fingerprint density at radius 3 is 2.75 bits per heavy atom. The molecule has 1 aliphatic carbocycles. The Balaban J connectivity index is 1.48. The van der Waals surface area contributed by atoms with E-state index >= 15 is 0 Å². The number of nitrogens with one attached hydrogen (secondary N) is 2. The third-order valence-corrected chi connectivity index (χ3v) is 5.91. The molecule has 4 nitrogen and oxygen atoms in total. The zero-order valence-electron chi connectivity index (χ0n) is 16.4. The summed E-state index contributed by atoms with van der Waals surface area (Å²) in [7, 11) is 0. The third kappa shape index (κ3) is 4.53. The zero-order valence-corrected chi connectivity index (χ0v) is 17.3. The van der Waals surface area contributed by atoms with Crippen molar-refractivity contribution in [3.63, 3.8) is 0 Å².